The molecule has 3 nitrogen and oxygen atoms in total. The van der Waals surface area contributed by atoms with Crippen LogP contribution in [0.4, 0.5) is 5.69 Å². The van der Waals surface area contributed by atoms with E-state index in [1.165, 1.54) is 24.0 Å². The predicted octanol–water partition coefficient (Wildman–Crippen LogP) is 3.36. The first kappa shape index (κ1) is 13.0. The maximum atomic E-state index is 11.6. The van der Waals surface area contributed by atoms with Crippen molar-refractivity contribution in [3.8, 4) is 0 Å². The third-order valence-corrected chi connectivity index (χ3v) is 3.88. The minimum atomic E-state index is 0.0523. The van der Waals surface area contributed by atoms with Crippen LogP contribution in [0.1, 0.15) is 36.8 Å². The molecule has 1 fully saturated rings. The van der Waals surface area contributed by atoms with Crippen LogP contribution < -0.4 is 10.9 Å². The highest BCUT2D eigenvalue weighted by Crippen LogP contribution is 2.41. The minimum absolute atomic E-state index is 0.0523. The molecule has 0 unspecified atom stereocenters. The van der Waals surface area contributed by atoms with E-state index in [0.29, 0.717) is 6.54 Å². The first-order chi connectivity index (χ1) is 9.78. The van der Waals surface area contributed by atoms with Crippen LogP contribution in [-0.2, 0) is 13.1 Å². The fourth-order valence-electron chi connectivity index (χ4n) is 2.57. The number of rotatable bonds is 5. The fraction of sp³-hybridized carbons (Fsp3) is 0.353. The van der Waals surface area contributed by atoms with E-state index >= 15 is 0 Å². The van der Waals surface area contributed by atoms with Gasteiger partial charge in [-0.3, -0.25) is 4.79 Å². The van der Waals surface area contributed by atoms with Crippen LogP contribution in [0.15, 0.2) is 47.4 Å². The minimum Gasteiger partial charge on any atom is -0.380 e. The molecule has 20 heavy (non-hydrogen) atoms. The molecular formula is C17H20N2O. The van der Waals surface area contributed by atoms with Crippen molar-refractivity contribution >= 4 is 5.69 Å². The summed E-state index contributed by atoms with van der Waals surface area (Å²) in [5.74, 6) is 0.762. The summed E-state index contributed by atoms with van der Waals surface area (Å²) in [6.07, 6.45) is 4.53. The quantitative estimate of drug-likeness (QED) is 0.902. The number of pyridine rings is 1. The Morgan fingerprint density at radius 1 is 1.20 bits per heavy atom. The molecule has 1 aliphatic rings. The van der Waals surface area contributed by atoms with Gasteiger partial charge in [0, 0.05) is 25.4 Å². The first-order valence-electron chi connectivity index (χ1n) is 7.30. The molecule has 1 N–H and O–H groups in total. The second kappa shape index (κ2) is 5.53. The van der Waals surface area contributed by atoms with E-state index in [0.717, 1.165) is 18.2 Å². The average Bonchev–Trinajstić information content (AvgIpc) is 3.31. The monoisotopic (exact) mass is 268 g/mol. The third kappa shape index (κ3) is 2.77. The van der Waals surface area contributed by atoms with Gasteiger partial charge in [0.2, 0.25) is 0 Å². The summed E-state index contributed by atoms with van der Waals surface area (Å²) < 4.78 is 1.72. The normalized spacial score (nSPS) is 14.2. The lowest BCUT2D eigenvalue weighted by Gasteiger charge is -2.12. The van der Waals surface area contributed by atoms with Gasteiger partial charge in [-0.05, 0) is 42.9 Å². The van der Waals surface area contributed by atoms with Crippen molar-refractivity contribution in [2.24, 2.45) is 0 Å². The highest BCUT2D eigenvalue weighted by molar-refractivity contribution is 5.43. The van der Waals surface area contributed by atoms with E-state index in [-0.39, 0.29) is 5.56 Å². The molecule has 1 aliphatic carbocycles. The SMILES string of the molecule is CCn1cc(NCc2ccccc2C2CC2)ccc1=O. The van der Waals surface area contributed by atoms with Gasteiger partial charge in [0.15, 0.2) is 0 Å². The predicted molar refractivity (Wildman–Crippen MR) is 82.1 cm³/mol. The molecule has 0 aliphatic heterocycles. The lowest BCUT2D eigenvalue weighted by Crippen LogP contribution is -2.17. The van der Waals surface area contributed by atoms with Gasteiger partial charge in [0.05, 0.1) is 5.69 Å². The molecule has 1 saturated carbocycles. The standard InChI is InChI=1S/C17H20N2O/c1-2-19-12-15(9-10-17(19)20)18-11-14-5-3-4-6-16(14)13-7-8-13/h3-6,9-10,12-13,18H,2,7-8,11H2,1H3. The lowest BCUT2D eigenvalue weighted by atomic mass is 10.0. The number of anilines is 1. The molecule has 0 amide bonds. The molecule has 0 atom stereocenters. The van der Waals surface area contributed by atoms with Crippen molar-refractivity contribution in [3.63, 3.8) is 0 Å². The molecule has 0 saturated heterocycles. The number of hydrogen-bond acceptors (Lipinski definition) is 2. The van der Waals surface area contributed by atoms with E-state index in [1.807, 2.05) is 19.2 Å². The topological polar surface area (TPSA) is 34.0 Å². The molecule has 0 bridgehead atoms. The molecule has 3 rings (SSSR count). The summed E-state index contributed by atoms with van der Waals surface area (Å²) in [6, 6.07) is 12.1. The number of aromatic nitrogens is 1. The molecule has 1 heterocycles. The van der Waals surface area contributed by atoms with Gasteiger partial charge in [-0.25, -0.2) is 0 Å². The Kier molecular flexibility index (Phi) is 3.59. The van der Waals surface area contributed by atoms with E-state index < -0.39 is 0 Å². The molecule has 2 aromatic rings. The van der Waals surface area contributed by atoms with Crippen molar-refractivity contribution in [1.82, 2.24) is 4.57 Å². The molecule has 1 aromatic carbocycles. The van der Waals surface area contributed by atoms with E-state index in [4.69, 9.17) is 0 Å². The van der Waals surface area contributed by atoms with Crippen LogP contribution in [0.5, 0.6) is 0 Å². The van der Waals surface area contributed by atoms with Gasteiger partial charge >= 0.3 is 0 Å². The zero-order valence-corrected chi connectivity index (χ0v) is 11.8. The van der Waals surface area contributed by atoms with Gasteiger partial charge in [-0.1, -0.05) is 24.3 Å². The van der Waals surface area contributed by atoms with E-state index in [1.54, 1.807) is 10.6 Å². The molecule has 1 aromatic heterocycles. The van der Waals surface area contributed by atoms with Crippen LogP contribution in [0.3, 0.4) is 0 Å². The van der Waals surface area contributed by atoms with Gasteiger partial charge in [-0.15, -0.1) is 0 Å². The zero-order chi connectivity index (χ0) is 13.9. The Balaban J connectivity index is 1.75. The number of benzene rings is 1. The Labute approximate surface area is 119 Å². The zero-order valence-electron chi connectivity index (χ0n) is 11.8. The third-order valence-electron chi connectivity index (χ3n) is 3.88. The maximum Gasteiger partial charge on any atom is 0.250 e. The maximum absolute atomic E-state index is 11.6. The van der Waals surface area contributed by atoms with Crippen LogP contribution in [0, 0.1) is 0 Å². The van der Waals surface area contributed by atoms with Crippen LogP contribution in [0.25, 0.3) is 0 Å². The number of aryl methyl sites for hydroxylation is 1. The summed E-state index contributed by atoms with van der Waals surface area (Å²) >= 11 is 0. The van der Waals surface area contributed by atoms with Crippen LogP contribution >= 0.6 is 0 Å². The van der Waals surface area contributed by atoms with Crippen molar-refractivity contribution in [3.05, 3.63) is 64.1 Å². The molecule has 3 heteroatoms. The largest absolute Gasteiger partial charge is 0.380 e. The van der Waals surface area contributed by atoms with Crippen LogP contribution in [-0.4, -0.2) is 4.57 Å². The van der Waals surface area contributed by atoms with Gasteiger partial charge in [0.25, 0.3) is 5.56 Å². The van der Waals surface area contributed by atoms with Gasteiger partial charge in [0.1, 0.15) is 0 Å². The van der Waals surface area contributed by atoms with Gasteiger partial charge < -0.3 is 9.88 Å². The Morgan fingerprint density at radius 3 is 2.75 bits per heavy atom. The summed E-state index contributed by atoms with van der Waals surface area (Å²) in [5, 5.41) is 3.43. The summed E-state index contributed by atoms with van der Waals surface area (Å²) in [7, 11) is 0. The van der Waals surface area contributed by atoms with Crippen molar-refractivity contribution < 1.29 is 0 Å². The summed E-state index contributed by atoms with van der Waals surface area (Å²) in [4.78, 5) is 11.6. The average molecular weight is 268 g/mol. The smallest absolute Gasteiger partial charge is 0.250 e. The Morgan fingerprint density at radius 2 is 2.00 bits per heavy atom. The highest BCUT2D eigenvalue weighted by Gasteiger charge is 2.25. The van der Waals surface area contributed by atoms with Crippen molar-refractivity contribution in [1.29, 1.82) is 0 Å². The number of hydrogen-bond donors (Lipinski definition) is 1. The summed E-state index contributed by atoms with van der Waals surface area (Å²) in [5.41, 5.74) is 3.89. The Bertz CT molecular complexity index is 656. The second-order valence-electron chi connectivity index (χ2n) is 5.37. The highest BCUT2D eigenvalue weighted by atomic mass is 16.1. The molecular weight excluding hydrogens is 248 g/mol. The Hall–Kier alpha value is -2.03. The lowest BCUT2D eigenvalue weighted by molar-refractivity contribution is 0.727. The van der Waals surface area contributed by atoms with E-state index in [9.17, 15) is 4.79 Å². The number of nitrogens with zero attached hydrogens (tertiary/aromatic N) is 1. The van der Waals surface area contributed by atoms with Gasteiger partial charge in [-0.2, -0.15) is 0 Å². The second-order valence-corrected chi connectivity index (χ2v) is 5.37. The fourth-order valence-corrected chi connectivity index (χ4v) is 2.57. The molecule has 0 spiro atoms. The number of nitrogens with one attached hydrogen (secondary N) is 1. The van der Waals surface area contributed by atoms with Crippen LogP contribution in [0.2, 0.25) is 0 Å². The molecule has 104 valence electrons. The van der Waals surface area contributed by atoms with E-state index in [2.05, 4.69) is 29.6 Å². The first-order valence-corrected chi connectivity index (χ1v) is 7.30. The molecule has 0 radical (unpaired) electrons. The van der Waals surface area contributed by atoms with Crippen molar-refractivity contribution in [2.75, 3.05) is 5.32 Å². The summed E-state index contributed by atoms with van der Waals surface area (Å²) in [6.45, 7) is 3.50. The van der Waals surface area contributed by atoms with Crippen molar-refractivity contribution in [2.45, 2.75) is 38.8 Å².